The molecule has 1 saturated heterocycles. The number of benzene rings is 2. The van der Waals surface area contributed by atoms with Crippen molar-refractivity contribution in [1.82, 2.24) is 9.88 Å². The lowest BCUT2D eigenvalue weighted by Gasteiger charge is -2.35. The minimum atomic E-state index is 0.457. The fourth-order valence-electron chi connectivity index (χ4n) is 5.32. The van der Waals surface area contributed by atoms with Crippen molar-refractivity contribution in [2.75, 3.05) is 20.2 Å². The van der Waals surface area contributed by atoms with E-state index in [1.54, 1.807) is 0 Å². The lowest BCUT2D eigenvalue weighted by Crippen LogP contribution is -2.42. The molecular weight excluding hydrogens is 440 g/mol. The third-order valence-corrected chi connectivity index (χ3v) is 7.64. The number of hydrogen-bond acceptors (Lipinski definition) is 3. The van der Waals surface area contributed by atoms with E-state index in [4.69, 9.17) is 16.3 Å². The van der Waals surface area contributed by atoms with Crippen molar-refractivity contribution in [3.05, 3.63) is 88.7 Å². The summed E-state index contributed by atoms with van der Waals surface area (Å²) in [6, 6.07) is 21.4. The van der Waals surface area contributed by atoms with Gasteiger partial charge in [0.2, 0.25) is 0 Å². The summed E-state index contributed by atoms with van der Waals surface area (Å²) in [7, 11) is 1.84. The SMILES string of the molecule is COC1CCN(C2CCC(c3ccc(C#Cc4ccc(-c5ccc(Cl)cc5)cn4)cc3)C2)CC1. The summed E-state index contributed by atoms with van der Waals surface area (Å²) >= 11 is 5.98. The fraction of sp³-hybridized carbons (Fsp3) is 0.367. The maximum atomic E-state index is 5.98. The van der Waals surface area contributed by atoms with E-state index < -0.39 is 0 Å². The lowest BCUT2D eigenvalue weighted by atomic mass is 9.96. The van der Waals surface area contributed by atoms with Crippen molar-refractivity contribution >= 4 is 11.6 Å². The first-order valence-electron chi connectivity index (χ1n) is 12.3. The molecule has 174 valence electrons. The average molecular weight is 471 g/mol. The predicted molar refractivity (Wildman–Crippen MR) is 139 cm³/mol. The van der Waals surface area contributed by atoms with Crippen LogP contribution in [0.5, 0.6) is 0 Å². The predicted octanol–water partition coefficient (Wildman–Crippen LogP) is 6.55. The van der Waals surface area contributed by atoms with Crippen molar-refractivity contribution in [2.24, 2.45) is 0 Å². The van der Waals surface area contributed by atoms with E-state index in [0.29, 0.717) is 12.0 Å². The van der Waals surface area contributed by atoms with Crippen LogP contribution in [0.15, 0.2) is 66.9 Å². The van der Waals surface area contributed by atoms with Gasteiger partial charge in [-0.05, 0) is 85.4 Å². The second kappa shape index (κ2) is 10.7. The molecule has 0 N–H and O–H groups in total. The van der Waals surface area contributed by atoms with Gasteiger partial charge in [0.25, 0.3) is 0 Å². The highest BCUT2D eigenvalue weighted by Gasteiger charge is 2.32. The van der Waals surface area contributed by atoms with Crippen LogP contribution in [0.1, 0.15) is 54.8 Å². The molecular formula is C30H31ClN2O. The van der Waals surface area contributed by atoms with E-state index in [1.807, 2.05) is 43.6 Å². The molecule has 2 heterocycles. The average Bonchev–Trinajstić information content (AvgIpc) is 3.39. The number of pyridine rings is 1. The summed E-state index contributed by atoms with van der Waals surface area (Å²) in [5, 5.41) is 0.737. The molecule has 3 nitrogen and oxygen atoms in total. The van der Waals surface area contributed by atoms with Gasteiger partial charge >= 0.3 is 0 Å². The Balaban J connectivity index is 1.17. The molecule has 1 aromatic heterocycles. The van der Waals surface area contributed by atoms with Gasteiger partial charge in [-0.2, -0.15) is 0 Å². The summed E-state index contributed by atoms with van der Waals surface area (Å²) in [6.45, 7) is 2.36. The molecule has 2 aliphatic rings. The zero-order valence-corrected chi connectivity index (χ0v) is 20.5. The summed E-state index contributed by atoms with van der Waals surface area (Å²) in [5.41, 5.74) is 5.41. The fourth-order valence-corrected chi connectivity index (χ4v) is 5.45. The van der Waals surface area contributed by atoms with E-state index >= 15 is 0 Å². The van der Waals surface area contributed by atoms with Crippen LogP contribution in [0.25, 0.3) is 11.1 Å². The van der Waals surface area contributed by atoms with Gasteiger partial charge in [-0.25, -0.2) is 4.98 Å². The number of methoxy groups -OCH3 is 1. The summed E-state index contributed by atoms with van der Waals surface area (Å²) in [5.74, 6) is 7.12. The molecule has 0 radical (unpaired) electrons. The number of piperidine rings is 1. The van der Waals surface area contributed by atoms with Crippen LogP contribution in [-0.2, 0) is 4.74 Å². The first kappa shape index (κ1) is 23.1. The molecule has 1 saturated carbocycles. The van der Waals surface area contributed by atoms with E-state index in [9.17, 15) is 0 Å². The smallest absolute Gasteiger partial charge is 0.113 e. The van der Waals surface area contributed by atoms with Gasteiger partial charge in [0, 0.05) is 48.6 Å². The molecule has 3 aromatic rings. The Bertz CT molecular complexity index is 1140. The van der Waals surface area contributed by atoms with E-state index in [2.05, 4.69) is 52.1 Å². The van der Waals surface area contributed by atoms with Crippen molar-refractivity contribution < 1.29 is 4.74 Å². The Kier molecular flexibility index (Phi) is 7.30. The van der Waals surface area contributed by atoms with Crippen LogP contribution in [0, 0.1) is 11.8 Å². The number of rotatable bonds is 4. The number of nitrogens with zero attached hydrogens (tertiary/aromatic N) is 2. The van der Waals surface area contributed by atoms with Gasteiger partial charge in [0.05, 0.1) is 6.10 Å². The van der Waals surface area contributed by atoms with Gasteiger partial charge < -0.3 is 9.64 Å². The summed E-state index contributed by atoms with van der Waals surface area (Å²) < 4.78 is 5.53. The van der Waals surface area contributed by atoms with Crippen molar-refractivity contribution in [1.29, 1.82) is 0 Å². The molecule has 5 rings (SSSR count). The van der Waals surface area contributed by atoms with E-state index in [0.717, 1.165) is 33.4 Å². The molecule has 2 atom stereocenters. The van der Waals surface area contributed by atoms with Crippen molar-refractivity contribution in [2.45, 2.75) is 50.2 Å². The molecule has 2 fully saturated rings. The second-order valence-electron chi connectivity index (χ2n) is 9.45. The minimum Gasteiger partial charge on any atom is -0.381 e. The highest BCUT2D eigenvalue weighted by molar-refractivity contribution is 6.30. The molecule has 4 heteroatoms. The minimum absolute atomic E-state index is 0.457. The second-order valence-corrected chi connectivity index (χ2v) is 9.88. The van der Waals surface area contributed by atoms with Crippen LogP contribution in [0.2, 0.25) is 5.02 Å². The Morgan fingerprint density at radius 1 is 0.853 bits per heavy atom. The van der Waals surface area contributed by atoms with Crippen LogP contribution < -0.4 is 0 Å². The Labute approximate surface area is 208 Å². The summed E-state index contributed by atoms with van der Waals surface area (Å²) in [6.07, 6.45) is 8.52. The van der Waals surface area contributed by atoms with Crippen molar-refractivity contribution in [3.8, 4) is 23.0 Å². The maximum absolute atomic E-state index is 5.98. The van der Waals surface area contributed by atoms with Gasteiger partial charge in [-0.1, -0.05) is 47.9 Å². The standard InChI is InChI=1S/C30H31ClN2O/c1-34-30-16-18-33(19-17-30)29-15-10-25(20-29)23-5-2-22(3-6-23)4-13-28-14-9-26(21-32-28)24-7-11-27(31)12-8-24/h2-3,5-9,11-12,14,21,25,29-30H,10,15-20H2,1H3. The Morgan fingerprint density at radius 2 is 1.59 bits per heavy atom. The van der Waals surface area contributed by atoms with Gasteiger partial charge in [0.15, 0.2) is 0 Å². The number of ether oxygens (including phenoxy) is 1. The maximum Gasteiger partial charge on any atom is 0.113 e. The molecule has 2 unspecified atom stereocenters. The highest BCUT2D eigenvalue weighted by atomic mass is 35.5. The lowest BCUT2D eigenvalue weighted by molar-refractivity contribution is 0.0279. The third kappa shape index (κ3) is 5.53. The topological polar surface area (TPSA) is 25.4 Å². The molecule has 34 heavy (non-hydrogen) atoms. The quantitative estimate of drug-likeness (QED) is 0.404. The Morgan fingerprint density at radius 3 is 2.26 bits per heavy atom. The van der Waals surface area contributed by atoms with Crippen LogP contribution in [0.4, 0.5) is 0 Å². The number of hydrogen-bond donors (Lipinski definition) is 0. The zero-order valence-electron chi connectivity index (χ0n) is 19.7. The van der Waals surface area contributed by atoms with Gasteiger partial charge in [-0.3, -0.25) is 0 Å². The number of halogens is 1. The first-order valence-corrected chi connectivity index (χ1v) is 12.7. The molecule has 2 aromatic carbocycles. The molecule has 0 bridgehead atoms. The monoisotopic (exact) mass is 470 g/mol. The van der Waals surface area contributed by atoms with Crippen LogP contribution in [-0.4, -0.2) is 42.2 Å². The molecule has 1 aliphatic heterocycles. The largest absolute Gasteiger partial charge is 0.381 e. The third-order valence-electron chi connectivity index (χ3n) is 7.39. The van der Waals surface area contributed by atoms with Gasteiger partial charge in [0.1, 0.15) is 5.69 Å². The molecule has 0 spiro atoms. The summed E-state index contributed by atoms with van der Waals surface area (Å²) in [4.78, 5) is 7.21. The number of likely N-dealkylation sites (tertiary alicyclic amines) is 1. The normalized spacial score (nSPS) is 21.2. The van der Waals surface area contributed by atoms with Crippen LogP contribution in [0.3, 0.4) is 0 Å². The molecule has 1 aliphatic carbocycles. The van der Waals surface area contributed by atoms with Gasteiger partial charge in [-0.15, -0.1) is 0 Å². The Hall–Kier alpha value is -2.64. The van der Waals surface area contributed by atoms with Crippen molar-refractivity contribution in [3.63, 3.8) is 0 Å². The van der Waals surface area contributed by atoms with E-state index in [-0.39, 0.29) is 0 Å². The number of aromatic nitrogens is 1. The van der Waals surface area contributed by atoms with E-state index in [1.165, 1.54) is 50.8 Å². The zero-order chi connectivity index (χ0) is 23.3. The first-order chi connectivity index (χ1) is 16.7. The molecule has 0 amide bonds. The van der Waals surface area contributed by atoms with Crippen LogP contribution >= 0.6 is 11.6 Å². The highest BCUT2D eigenvalue weighted by Crippen LogP contribution is 2.38.